The first-order valence-corrected chi connectivity index (χ1v) is 8.60. The second kappa shape index (κ2) is 7.34. The van der Waals surface area contributed by atoms with Crippen LogP contribution in [0.4, 0.5) is 0 Å². The molecule has 0 aliphatic heterocycles. The third-order valence-corrected chi connectivity index (χ3v) is 4.21. The predicted octanol–water partition coefficient (Wildman–Crippen LogP) is 1.36. The molecule has 0 amide bonds. The van der Waals surface area contributed by atoms with Crippen molar-refractivity contribution in [3.8, 4) is 0 Å². The zero-order valence-corrected chi connectivity index (χ0v) is 11.8. The maximum absolute atomic E-state index is 10.9. The summed E-state index contributed by atoms with van der Waals surface area (Å²) >= 11 is 0. The summed E-state index contributed by atoms with van der Waals surface area (Å²) in [6, 6.07) is 0.649. The normalized spacial score (nSPS) is 26.0. The second-order valence-corrected chi connectivity index (χ2v) is 7.15. The van der Waals surface area contributed by atoms with E-state index in [1.165, 1.54) is 19.1 Å². The van der Waals surface area contributed by atoms with E-state index in [9.17, 15) is 8.42 Å². The van der Waals surface area contributed by atoms with E-state index in [1.54, 1.807) is 0 Å². The van der Waals surface area contributed by atoms with E-state index in [1.807, 2.05) is 0 Å². The minimum Gasteiger partial charge on any atom is -0.378 e. The van der Waals surface area contributed by atoms with Crippen LogP contribution in [0.2, 0.25) is 0 Å². The third-order valence-electron chi connectivity index (χ3n) is 3.18. The molecule has 0 spiro atoms. The molecule has 0 aromatic carbocycles. The molecule has 1 rings (SSSR count). The van der Waals surface area contributed by atoms with Gasteiger partial charge in [0.25, 0.3) is 0 Å². The second-order valence-electron chi connectivity index (χ2n) is 4.89. The molecule has 1 aliphatic rings. The molecule has 0 bridgehead atoms. The Morgan fingerprint density at radius 2 is 1.88 bits per heavy atom. The van der Waals surface area contributed by atoms with Crippen LogP contribution in [0.1, 0.15) is 39.0 Å². The summed E-state index contributed by atoms with van der Waals surface area (Å²) in [6.45, 7) is 3.74. The number of rotatable bonds is 7. The molecule has 0 aromatic rings. The van der Waals surface area contributed by atoms with Gasteiger partial charge in [0.15, 0.2) is 0 Å². The smallest absolute Gasteiger partial charge is 0.147 e. The van der Waals surface area contributed by atoms with Gasteiger partial charge in [0.2, 0.25) is 0 Å². The largest absolute Gasteiger partial charge is 0.378 e. The highest BCUT2D eigenvalue weighted by molar-refractivity contribution is 7.90. The Morgan fingerprint density at radius 1 is 1.24 bits per heavy atom. The van der Waals surface area contributed by atoms with E-state index in [0.717, 1.165) is 19.4 Å². The molecule has 0 saturated heterocycles. The summed E-state index contributed by atoms with van der Waals surface area (Å²) in [6.07, 6.45) is 6.76. The van der Waals surface area contributed by atoms with Crippen molar-refractivity contribution in [1.82, 2.24) is 5.32 Å². The van der Waals surface area contributed by atoms with Gasteiger partial charge < -0.3 is 10.1 Å². The van der Waals surface area contributed by atoms with Crippen LogP contribution in [-0.4, -0.2) is 45.7 Å². The fraction of sp³-hybridized carbons (Fsp3) is 1.00. The summed E-state index contributed by atoms with van der Waals surface area (Å²) in [5.41, 5.74) is 0. The molecular weight excluding hydrogens is 238 g/mol. The van der Waals surface area contributed by atoms with Crippen LogP contribution in [0.15, 0.2) is 0 Å². The molecule has 0 unspecified atom stereocenters. The summed E-state index contributed by atoms with van der Waals surface area (Å²) in [4.78, 5) is 0. The Bertz CT molecular complexity index is 295. The molecule has 0 heterocycles. The molecule has 1 aliphatic carbocycles. The van der Waals surface area contributed by atoms with Gasteiger partial charge in [-0.15, -0.1) is 0 Å². The SMILES string of the molecule is CCNC1CCC(OCCCS(C)(=O)=O)CC1. The van der Waals surface area contributed by atoms with Gasteiger partial charge in [0.05, 0.1) is 11.9 Å². The van der Waals surface area contributed by atoms with Crippen LogP contribution in [-0.2, 0) is 14.6 Å². The van der Waals surface area contributed by atoms with Crippen molar-refractivity contribution in [2.75, 3.05) is 25.2 Å². The van der Waals surface area contributed by atoms with Crippen molar-refractivity contribution >= 4 is 9.84 Å². The molecule has 1 fully saturated rings. The first-order valence-electron chi connectivity index (χ1n) is 6.54. The molecule has 102 valence electrons. The fourth-order valence-electron chi connectivity index (χ4n) is 2.29. The van der Waals surface area contributed by atoms with Crippen LogP contribution in [0.5, 0.6) is 0 Å². The molecule has 4 nitrogen and oxygen atoms in total. The Balaban J connectivity index is 2.06. The van der Waals surface area contributed by atoms with Crippen molar-refractivity contribution in [2.24, 2.45) is 0 Å². The number of nitrogens with one attached hydrogen (secondary N) is 1. The van der Waals surface area contributed by atoms with E-state index in [-0.39, 0.29) is 5.75 Å². The number of ether oxygens (including phenoxy) is 1. The number of sulfone groups is 1. The van der Waals surface area contributed by atoms with Crippen LogP contribution in [0, 0.1) is 0 Å². The Hall–Kier alpha value is -0.130. The van der Waals surface area contributed by atoms with Crippen molar-refractivity contribution in [3.63, 3.8) is 0 Å². The monoisotopic (exact) mass is 263 g/mol. The molecule has 0 aromatic heterocycles. The average molecular weight is 263 g/mol. The van der Waals surface area contributed by atoms with Crippen LogP contribution in [0.25, 0.3) is 0 Å². The minimum absolute atomic E-state index is 0.236. The highest BCUT2D eigenvalue weighted by Crippen LogP contribution is 2.21. The molecule has 1 N–H and O–H groups in total. The standard InChI is InChI=1S/C12H25NO3S/c1-3-13-11-5-7-12(8-6-11)16-9-4-10-17(2,14)15/h11-13H,3-10H2,1-2H3. The summed E-state index contributed by atoms with van der Waals surface area (Å²) in [5.74, 6) is 0.236. The Morgan fingerprint density at radius 3 is 2.41 bits per heavy atom. The zero-order valence-electron chi connectivity index (χ0n) is 10.9. The van der Waals surface area contributed by atoms with Crippen molar-refractivity contribution in [3.05, 3.63) is 0 Å². The Labute approximate surface area is 105 Å². The van der Waals surface area contributed by atoms with Gasteiger partial charge in [0.1, 0.15) is 9.84 Å². The minimum atomic E-state index is -2.83. The van der Waals surface area contributed by atoms with E-state index >= 15 is 0 Å². The lowest BCUT2D eigenvalue weighted by Gasteiger charge is -2.28. The lowest BCUT2D eigenvalue weighted by atomic mass is 9.93. The maximum atomic E-state index is 10.9. The predicted molar refractivity (Wildman–Crippen MR) is 70.0 cm³/mol. The van der Waals surface area contributed by atoms with Gasteiger partial charge in [-0.05, 0) is 38.6 Å². The average Bonchev–Trinajstić information content (AvgIpc) is 2.26. The van der Waals surface area contributed by atoms with Crippen LogP contribution in [0.3, 0.4) is 0 Å². The third kappa shape index (κ3) is 7.01. The van der Waals surface area contributed by atoms with Gasteiger partial charge >= 0.3 is 0 Å². The van der Waals surface area contributed by atoms with E-state index in [0.29, 0.717) is 25.2 Å². The van der Waals surface area contributed by atoms with E-state index < -0.39 is 9.84 Å². The maximum Gasteiger partial charge on any atom is 0.147 e. The zero-order chi connectivity index (χ0) is 12.7. The van der Waals surface area contributed by atoms with Gasteiger partial charge in [-0.25, -0.2) is 8.42 Å². The summed E-state index contributed by atoms with van der Waals surface area (Å²) < 4.78 is 27.6. The molecule has 17 heavy (non-hydrogen) atoms. The van der Waals surface area contributed by atoms with E-state index in [4.69, 9.17) is 4.74 Å². The molecule has 5 heteroatoms. The van der Waals surface area contributed by atoms with Gasteiger partial charge in [-0.1, -0.05) is 6.92 Å². The summed E-state index contributed by atoms with van der Waals surface area (Å²) in [5, 5.41) is 3.46. The number of hydrogen-bond acceptors (Lipinski definition) is 4. The topological polar surface area (TPSA) is 55.4 Å². The molecule has 0 radical (unpaired) electrons. The van der Waals surface area contributed by atoms with Crippen LogP contribution < -0.4 is 5.32 Å². The lowest BCUT2D eigenvalue weighted by Crippen LogP contribution is -2.35. The van der Waals surface area contributed by atoms with Crippen LogP contribution >= 0.6 is 0 Å². The highest BCUT2D eigenvalue weighted by atomic mass is 32.2. The molecular formula is C12H25NO3S. The van der Waals surface area contributed by atoms with Crippen molar-refractivity contribution in [1.29, 1.82) is 0 Å². The first kappa shape index (κ1) is 14.9. The van der Waals surface area contributed by atoms with Gasteiger partial charge in [-0.2, -0.15) is 0 Å². The van der Waals surface area contributed by atoms with Gasteiger partial charge in [-0.3, -0.25) is 0 Å². The van der Waals surface area contributed by atoms with Gasteiger partial charge in [0, 0.05) is 18.9 Å². The first-order chi connectivity index (χ1) is 8.01. The van der Waals surface area contributed by atoms with E-state index in [2.05, 4.69) is 12.2 Å². The summed E-state index contributed by atoms with van der Waals surface area (Å²) in [7, 11) is -2.83. The molecule has 0 atom stereocenters. The fourth-order valence-corrected chi connectivity index (χ4v) is 2.94. The lowest BCUT2D eigenvalue weighted by molar-refractivity contribution is 0.0233. The molecule has 1 saturated carbocycles. The quantitative estimate of drug-likeness (QED) is 0.705. The van der Waals surface area contributed by atoms with Crippen molar-refractivity contribution in [2.45, 2.75) is 51.2 Å². The highest BCUT2D eigenvalue weighted by Gasteiger charge is 2.20. The Kier molecular flexibility index (Phi) is 6.44. The van der Waals surface area contributed by atoms with Crippen molar-refractivity contribution < 1.29 is 13.2 Å². The number of hydrogen-bond donors (Lipinski definition) is 1.